The molecule has 1 aliphatic heterocycles. The third kappa shape index (κ3) is 3.09. The van der Waals surface area contributed by atoms with E-state index in [9.17, 15) is 0 Å². The first-order valence-electron chi connectivity index (χ1n) is 6.97. The second-order valence-electron chi connectivity index (χ2n) is 6.66. The molecular weight excluding hydrogens is 252 g/mol. The van der Waals surface area contributed by atoms with Crippen LogP contribution in [0.1, 0.15) is 25.8 Å². The van der Waals surface area contributed by atoms with Crippen LogP contribution in [-0.4, -0.2) is 30.6 Å². The fourth-order valence-corrected chi connectivity index (χ4v) is 4.65. The summed E-state index contributed by atoms with van der Waals surface area (Å²) in [6, 6.07) is 8.72. The zero-order valence-corrected chi connectivity index (χ0v) is 13.4. The van der Waals surface area contributed by atoms with Crippen LogP contribution in [0.5, 0.6) is 0 Å². The first-order chi connectivity index (χ1) is 8.88. The maximum absolute atomic E-state index is 6.18. The number of hydrogen-bond donors (Lipinski definition) is 1. The minimum Gasteiger partial charge on any atom is -0.367 e. The van der Waals surface area contributed by atoms with Crippen LogP contribution in [0.2, 0.25) is 0 Å². The number of nitrogens with zero attached hydrogens (tertiary/aromatic N) is 1. The van der Waals surface area contributed by atoms with Crippen molar-refractivity contribution in [3.63, 3.8) is 0 Å². The predicted octanol–water partition coefficient (Wildman–Crippen LogP) is 3.29. The number of hydrogen-bond acceptors (Lipinski definition) is 3. The minimum absolute atomic E-state index is 0.0835. The molecule has 1 unspecified atom stereocenters. The Bertz CT molecular complexity index is 444. The molecule has 2 N–H and O–H groups in total. The average Bonchev–Trinajstić information content (AvgIpc) is 2.36. The van der Waals surface area contributed by atoms with E-state index in [0.29, 0.717) is 12.0 Å². The lowest BCUT2D eigenvalue weighted by Crippen LogP contribution is -2.59. The fraction of sp³-hybridized carbons (Fsp3) is 0.625. The summed E-state index contributed by atoms with van der Waals surface area (Å²) in [5.41, 5.74) is 9.21. The molecule has 2 rings (SSSR count). The first-order valence-corrected chi connectivity index (χ1v) is 8.12. The molecule has 3 heteroatoms. The topological polar surface area (TPSA) is 29.3 Å². The van der Waals surface area contributed by atoms with Crippen molar-refractivity contribution < 1.29 is 0 Å². The lowest BCUT2D eigenvalue weighted by atomic mass is 9.78. The summed E-state index contributed by atoms with van der Waals surface area (Å²) in [6.07, 6.45) is 1.16. The van der Waals surface area contributed by atoms with Crippen molar-refractivity contribution >= 4 is 17.4 Å². The van der Waals surface area contributed by atoms with Crippen LogP contribution in [0, 0.1) is 12.3 Å². The third-order valence-electron chi connectivity index (χ3n) is 4.15. The second-order valence-corrected chi connectivity index (χ2v) is 7.65. The normalized spacial score (nSPS) is 26.2. The molecule has 1 fully saturated rings. The Kier molecular flexibility index (Phi) is 4.17. The highest BCUT2D eigenvalue weighted by Gasteiger charge is 2.42. The molecule has 1 saturated heterocycles. The van der Waals surface area contributed by atoms with Crippen LogP contribution in [0.15, 0.2) is 24.3 Å². The Morgan fingerprint density at radius 1 is 1.32 bits per heavy atom. The summed E-state index contributed by atoms with van der Waals surface area (Å²) in [4.78, 5) is 2.41. The summed E-state index contributed by atoms with van der Waals surface area (Å²) in [5.74, 6) is 2.35. The third-order valence-corrected chi connectivity index (χ3v) is 5.88. The number of anilines is 1. The summed E-state index contributed by atoms with van der Waals surface area (Å²) in [6.45, 7) is 7.57. The van der Waals surface area contributed by atoms with E-state index in [-0.39, 0.29) is 5.54 Å². The minimum atomic E-state index is 0.0835. The summed E-state index contributed by atoms with van der Waals surface area (Å²) < 4.78 is 0. The maximum atomic E-state index is 6.18. The van der Waals surface area contributed by atoms with Gasteiger partial charge in [0.05, 0.1) is 5.54 Å². The van der Waals surface area contributed by atoms with Gasteiger partial charge in [0, 0.05) is 25.0 Å². The van der Waals surface area contributed by atoms with E-state index >= 15 is 0 Å². The highest BCUT2D eigenvalue weighted by molar-refractivity contribution is 7.99. The molecule has 1 aromatic carbocycles. The fourth-order valence-electron chi connectivity index (χ4n) is 3.10. The highest BCUT2D eigenvalue weighted by Crippen LogP contribution is 2.42. The molecule has 106 valence electrons. The molecule has 0 aliphatic carbocycles. The zero-order chi connectivity index (χ0) is 14.1. The molecular formula is C16H26N2S. The van der Waals surface area contributed by atoms with Crippen molar-refractivity contribution in [2.75, 3.05) is 30.0 Å². The second kappa shape index (κ2) is 5.37. The van der Waals surface area contributed by atoms with Gasteiger partial charge in [-0.3, -0.25) is 0 Å². The SMILES string of the molecule is Cc1cccc(N(C)C2(CN)CSCC(C)(C)C2)c1. The smallest absolute Gasteiger partial charge is 0.0616 e. The van der Waals surface area contributed by atoms with Crippen molar-refractivity contribution in [3.8, 4) is 0 Å². The monoisotopic (exact) mass is 278 g/mol. The molecule has 19 heavy (non-hydrogen) atoms. The Morgan fingerprint density at radius 2 is 2.05 bits per heavy atom. The van der Waals surface area contributed by atoms with Crippen LogP contribution >= 0.6 is 11.8 Å². The summed E-state index contributed by atoms with van der Waals surface area (Å²) >= 11 is 2.04. The van der Waals surface area contributed by atoms with Gasteiger partial charge in [-0.1, -0.05) is 26.0 Å². The van der Waals surface area contributed by atoms with Gasteiger partial charge in [-0.2, -0.15) is 11.8 Å². The number of nitrogens with two attached hydrogens (primary N) is 1. The molecule has 0 saturated carbocycles. The average molecular weight is 278 g/mol. The van der Waals surface area contributed by atoms with Gasteiger partial charge >= 0.3 is 0 Å². The van der Waals surface area contributed by atoms with E-state index in [1.807, 2.05) is 11.8 Å². The molecule has 1 aliphatic rings. The number of aryl methyl sites for hydroxylation is 1. The molecule has 0 spiro atoms. The zero-order valence-electron chi connectivity index (χ0n) is 12.6. The first kappa shape index (κ1) is 14.7. The van der Waals surface area contributed by atoms with Gasteiger partial charge in [0.15, 0.2) is 0 Å². The van der Waals surface area contributed by atoms with Gasteiger partial charge in [0.1, 0.15) is 0 Å². The summed E-state index contributed by atoms with van der Waals surface area (Å²) in [7, 11) is 2.20. The van der Waals surface area contributed by atoms with Crippen LogP contribution in [0.4, 0.5) is 5.69 Å². The Balaban J connectivity index is 2.30. The van der Waals surface area contributed by atoms with Crippen LogP contribution in [-0.2, 0) is 0 Å². The van der Waals surface area contributed by atoms with E-state index in [1.165, 1.54) is 17.0 Å². The molecule has 1 aromatic rings. The van der Waals surface area contributed by atoms with Crippen LogP contribution < -0.4 is 10.6 Å². The van der Waals surface area contributed by atoms with E-state index in [0.717, 1.165) is 12.2 Å². The maximum Gasteiger partial charge on any atom is 0.0616 e. The number of benzene rings is 1. The molecule has 0 aromatic heterocycles. The van der Waals surface area contributed by atoms with Gasteiger partial charge in [-0.05, 0) is 42.2 Å². The van der Waals surface area contributed by atoms with E-state index in [2.05, 4.69) is 57.0 Å². The molecule has 0 amide bonds. The lowest BCUT2D eigenvalue weighted by molar-refractivity contribution is 0.266. The van der Waals surface area contributed by atoms with Crippen LogP contribution in [0.3, 0.4) is 0 Å². The lowest BCUT2D eigenvalue weighted by Gasteiger charge is -2.50. The molecule has 1 heterocycles. The molecule has 0 radical (unpaired) electrons. The van der Waals surface area contributed by atoms with Gasteiger partial charge in [0.2, 0.25) is 0 Å². The van der Waals surface area contributed by atoms with Crippen molar-refractivity contribution in [1.82, 2.24) is 0 Å². The molecule has 2 nitrogen and oxygen atoms in total. The van der Waals surface area contributed by atoms with Gasteiger partial charge in [0.25, 0.3) is 0 Å². The quantitative estimate of drug-likeness (QED) is 0.920. The number of rotatable bonds is 3. The Hall–Kier alpha value is -0.670. The van der Waals surface area contributed by atoms with Crippen molar-refractivity contribution in [2.24, 2.45) is 11.1 Å². The molecule has 0 bridgehead atoms. The van der Waals surface area contributed by atoms with Gasteiger partial charge in [-0.25, -0.2) is 0 Å². The number of thioether (sulfide) groups is 1. The number of likely N-dealkylation sites (N-methyl/N-ethyl adjacent to an activating group) is 1. The molecule has 1 atom stereocenters. The van der Waals surface area contributed by atoms with Crippen molar-refractivity contribution in [1.29, 1.82) is 0 Å². The Morgan fingerprint density at radius 3 is 2.63 bits per heavy atom. The van der Waals surface area contributed by atoms with Crippen molar-refractivity contribution in [2.45, 2.75) is 32.7 Å². The van der Waals surface area contributed by atoms with Crippen LogP contribution in [0.25, 0.3) is 0 Å². The highest BCUT2D eigenvalue weighted by atomic mass is 32.2. The van der Waals surface area contributed by atoms with E-state index < -0.39 is 0 Å². The standard InChI is InChI=1S/C16H26N2S/c1-13-6-5-7-14(8-13)18(4)16(10-17)9-15(2,3)11-19-12-16/h5-8H,9-12,17H2,1-4H3. The van der Waals surface area contributed by atoms with Gasteiger partial charge < -0.3 is 10.6 Å². The van der Waals surface area contributed by atoms with E-state index in [1.54, 1.807) is 0 Å². The predicted molar refractivity (Wildman–Crippen MR) is 87.1 cm³/mol. The summed E-state index contributed by atoms with van der Waals surface area (Å²) in [5, 5.41) is 0. The Labute approximate surface area is 121 Å². The largest absolute Gasteiger partial charge is 0.367 e. The van der Waals surface area contributed by atoms with Gasteiger partial charge in [-0.15, -0.1) is 0 Å². The van der Waals surface area contributed by atoms with Crippen molar-refractivity contribution in [3.05, 3.63) is 29.8 Å². The van der Waals surface area contributed by atoms with E-state index in [4.69, 9.17) is 5.73 Å².